The molecule has 1 aliphatic rings. The van der Waals surface area contributed by atoms with Crippen molar-refractivity contribution in [3.05, 3.63) is 71.8 Å². The molecule has 2 heteroatoms. The van der Waals surface area contributed by atoms with Gasteiger partial charge in [-0.3, -0.25) is 0 Å². The fourth-order valence-electron chi connectivity index (χ4n) is 3.84. The molecule has 102 valence electrons. The molecule has 0 radical (unpaired) electrons. The highest BCUT2D eigenvalue weighted by Gasteiger charge is 2.71. The third kappa shape index (κ3) is 1.54. The molecule has 0 spiro atoms. The van der Waals surface area contributed by atoms with Gasteiger partial charge in [-0.15, -0.1) is 5.16 Å². The Morgan fingerprint density at radius 3 is 1.75 bits per heavy atom. The first kappa shape index (κ1) is 12.9. The van der Waals surface area contributed by atoms with Crippen LogP contribution in [0, 0.1) is 11.3 Å². The maximum atomic E-state index is 9.00. The van der Waals surface area contributed by atoms with Crippen molar-refractivity contribution in [3.63, 3.8) is 0 Å². The Hall–Kier alpha value is -2.09. The van der Waals surface area contributed by atoms with Crippen molar-refractivity contribution in [2.75, 3.05) is 0 Å². The van der Waals surface area contributed by atoms with Gasteiger partial charge in [-0.05, 0) is 16.5 Å². The van der Waals surface area contributed by atoms with E-state index >= 15 is 0 Å². The van der Waals surface area contributed by atoms with Crippen molar-refractivity contribution >= 4 is 6.21 Å². The van der Waals surface area contributed by atoms with Gasteiger partial charge in [0.15, 0.2) is 0 Å². The summed E-state index contributed by atoms with van der Waals surface area (Å²) in [7, 11) is 0. The zero-order valence-corrected chi connectivity index (χ0v) is 11.8. The average molecular weight is 265 g/mol. The largest absolute Gasteiger partial charge is 0.411 e. The maximum absolute atomic E-state index is 9.00. The van der Waals surface area contributed by atoms with Crippen LogP contribution in [0.3, 0.4) is 0 Å². The summed E-state index contributed by atoms with van der Waals surface area (Å²) in [5, 5.41) is 12.3. The van der Waals surface area contributed by atoms with Crippen LogP contribution >= 0.6 is 0 Å². The second-order valence-corrected chi connectivity index (χ2v) is 6.00. The highest BCUT2D eigenvalue weighted by molar-refractivity contribution is 5.75. The zero-order chi connectivity index (χ0) is 14.2. The van der Waals surface area contributed by atoms with Crippen LogP contribution in [0.1, 0.15) is 25.0 Å². The SMILES string of the molecule is CC1(C)C(/C=N\O)C1(c1ccccc1)c1ccccc1. The second-order valence-electron chi connectivity index (χ2n) is 6.00. The minimum Gasteiger partial charge on any atom is -0.411 e. The van der Waals surface area contributed by atoms with Gasteiger partial charge in [-0.25, -0.2) is 0 Å². The number of oxime groups is 1. The van der Waals surface area contributed by atoms with E-state index in [-0.39, 0.29) is 16.7 Å². The smallest absolute Gasteiger partial charge is 0.0485 e. The summed E-state index contributed by atoms with van der Waals surface area (Å²) in [6.07, 6.45) is 1.68. The Kier molecular flexibility index (Phi) is 2.89. The number of nitrogens with zero attached hydrogens (tertiary/aromatic N) is 1. The monoisotopic (exact) mass is 265 g/mol. The summed E-state index contributed by atoms with van der Waals surface area (Å²) in [5.74, 6) is 0.199. The van der Waals surface area contributed by atoms with Gasteiger partial charge in [0.1, 0.15) is 0 Å². The summed E-state index contributed by atoms with van der Waals surface area (Å²) in [6, 6.07) is 21.0. The van der Waals surface area contributed by atoms with E-state index in [9.17, 15) is 0 Å². The lowest BCUT2D eigenvalue weighted by molar-refractivity contribution is 0.319. The van der Waals surface area contributed by atoms with Crippen molar-refractivity contribution < 1.29 is 5.21 Å². The van der Waals surface area contributed by atoms with Gasteiger partial charge in [0.05, 0.1) is 0 Å². The van der Waals surface area contributed by atoms with Gasteiger partial charge in [0.2, 0.25) is 0 Å². The Morgan fingerprint density at radius 1 is 0.900 bits per heavy atom. The van der Waals surface area contributed by atoms with Crippen LogP contribution in [0.2, 0.25) is 0 Å². The van der Waals surface area contributed by atoms with Gasteiger partial charge >= 0.3 is 0 Å². The van der Waals surface area contributed by atoms with Gasteiger partial charge in [-0.1, -0.05) is 74.5 Å². The number of hydrogen-bond acceptors (Lipinski definition) is 2. The van der Waals surface area contributed by atoms with Crippen molar-refractivity contribution in [2.24, 2.45) is 16.5 Å². The van der Waals surface area contributed by atoms with Crippen molar-refractivity contribution in [1.82, 2.24) is 0 Å². The Morgan fingerprint density at radius 2 is 1.35 bits per heavy atom. The highest BCUT2D eigenvalue weighted by Crippen LogP contribution is 2.71. The van der Waals surface area contributed by atoms with E-state index in [2.05, 4.69) is 67.5 Å². The molecule has 1 saturated carbocycles. The van der Waals surface area contributed by atoms with E-state index in [0.717, 1.165) is 0 Å². The molecule has 1 unspecified atom stereocenters. The van der Waals surface area contributed by atoms with Crippen LogP contribution in [0.5, 0.6) is 0 Å². The Labute approximate surface area is 119 Å². The Balaban J connectivity index is 2.21. The topological polar surface area (TPSA) is 32.6 Å². The first-order chi connectivity index (χ1) is 9.65. The lowest BCUT2D eigenvalue weighted by Gasteiger charge is -2.22. The van der Waals surface area contributed by atoms with E-state index in [1.54, 1.807) is 6.21 Å². The number of rotatable bonds is 3. The van der Waals surface area contributed by atoms with Crippen molar-refractivity contribution in [3.8, 4) is 0 Å². The minimum absolute atomic E-state index is 0.0297. The summed E-state index contributed by atoms with van der Waals surface area (Å²) in [5.41, 5.74) is 2.48. The van der Waals surface area contributed by atoms with Gasteiger partial charge < -0.3 is 5.21 Å². The van der Waals surface area contributed by atoms with Crippen LogP contribution in [0.4, 0.5) is 0 Å². The minimum atomic E-state index is -0.109. The average Bonchev–Trinajstić information content (AvgIpc) is 2.98. The molecule has 20 heavy (non-hydrogen) atoms. The zero-order valence-electron chi connectivity index (χ0n) is 11.8. The van der Waals surface area contributed by atoms with Crippen LogP contribution < -0.4 is 0 Å². The molecule has 0 aromatic heterocycles. The molecule has 3 rings (SSSR count). The number of benzene rings is 2. The quantitative estimate of drug-likeness (QED) is 0.506. The predicted molar refractivity (Wildman–Crippen MR) is 81.2 cm³/mol. The van der Waals surface area contributed by atoms with Crippen LogP contribution in [-0.4, -0.2) is 11.4 Å². The molecule has 0 amide bonds. The van der Waals surface area contributed by atoms with Crippen LogP contribution in [-0.2, 0) is 5.41 Å². The van der Waals surface area contributed by atoms with E-state index in [0.29, 0.717) is 0 Å². The molecule has 2 aromatic rings. The third-order valence-electron chi connectivity index (χ3n) is 4.85. The molecular formula is C18H19NO. The molecular weight excluding hydrogens is 246 g/mol. The van der Waals surface area contributed by atoms with E-state index in [1.165, 1.54) is 11.1 Å². The molecule has 0 heterocycles. The van der Waals surface area contributed by atoms with Gasteiger partial charge in [0, 0.05) is 17.5 Å². The van der Waals surface area contributed by atoms with Gasteiger partial charge in [0.25, 0.3) is 0 Å². The molecule has 1 fully saturated rings. The van der Waals surface area contributed by atoms with Gasteiger partial charge in [-0.2, -0.15) is 0 Å². The first-order valence-corrected chi connectivity index (χ1v) is 6.94. The summed E-state index contributed by atoms with van der Waals surface area (Å²) in [4.78, 5) is 0. The number of hydrogen-bond donors (Lipinski definition) is 1. The van der Waals surface area contributed by atoms with Crippen molar-refractivity contribution in [2.45, 2.75) is 19.3 Å². The third-order valence-corrected chi connectivity index (χ3v) is 4.85. The standard InChI is InChI=1S/C18H19NO/c1-17(2)16(13-19-20)18(17,14-9-5-3-6-10-14)15-11-7-4-8-12-15/h3-13,16,20H,1-2H3/b19-13-. The van der Waals surface area contributed by atoms with Crippen LogP contribution in [0.25, 0.3) is 0 Å². The molecule has 0 bridgehead atoms. The van der Waals surface area contributed by atoms with E-state index in [4.69, 9.17) is 5.21 Å². The summed E-state index contributed by atoms with van der Waals surface area (Å²) >= 11 is 0. The molecule has 1 N–H and O–H groups in total. The van der Waals surface area contributed by atoms with Crippen LogP contribution in [0.15, 0.2) is 65.8 Å². The van der Waals surface area contributed by atoms with E-state index < -0.39 is 0 Å². The fraction of sp³-hybridized carbons (Fsp3) is 0.278. The second kappa shape index (κ2) is 4.48. The lowest BCUT2D eigenvalue weighted by Crippen LogP contribution is -2.17. The molecule has 2 nitrogen and oxygen atoms in total. The summed E-state index contributed by atoms with van der Waals surface area (Å²) in [6.45, 7) is 4.47. The maximum Gasteiger partial charge on any atom is 0.0485 e. The fourth-order valence-corrected chi connectivity index (χ4v) is 3.84. The predicted octanol–water partition coefficient (Wildman–Crippen LogP) is 4.09. The molecule has 0 saturated heterocycles. The lowest BCUT2D eigenvalue weighted by atomic mass is 9.81. The Bertz CT molecular complexity index is 577. The summed E-state index contributed by atoms with van der Waals surface area (Å²) < 4.78 is 0. The molecule has 2 aromatic carbocycles. The first-order valence-electron chi connectivity index (χ1n) is 6.94. The molecule has 0 aliphatic heterocycles. The molecule has 1 aliphatic carbocycles. The van der Waals surface area contributed by atoms with Crippen molar-refractivity contribution in [1.29, 1.82) is 0 Å². The molecule has 1 atom stereocenters. The van der Waals surface area contributed by atoms with E-state index in [1.807, 2.05) is 12.1 Å². The highest BCUT2D eigenvalue weighted by atomic mass is 16.4. The normalized spacial score (nSPS) is 22.8.